The van der Waals surface area contributed by atoms with Crippen molar-refractivity contribution in [1.82, 2.24) is 5.32 Å². The van der Waals surface area contributed by atoms with Gasteiger partial charge in [-0.05, 0) is 28.2 Å². The zero-order valence-electron chi connectivity index (χ0n) is 16.5. The van der Waals surface area contributed by atoms with Gasteiger partial charge in [-0.2, -0.15) is 0 Å². The van der Waals surface area contributed by atoms with Gasteiger partial charge in [-0.1, -0.05) is 91.9 Å². The van der Waals surface area contributed by atoms with Gasteiger partial charge < -0.3 is 10.1 Å². The van der Waals surface area contributed by atoms with Gasteiger partial charge in [-0.15, -0.1) is 0 Å². The fraction of sp³-hybridized carbons (Fsp3) is 0.200. The highest BCUT2D eigenvalue weighted by atomic mass is 16.5. The average Bonchev–Trinajstić information content (AvgIpc) is 2.78. The molecule has 3 aromatic rings. The Morgan fingerprint density at radius 1 is 0.828 bits per heavy atom. The third-order valence-electron chi connectivity index (χ3n) is 4.75. The summed E-state index contributed by atoms with van der Waals surface area (Å²) in [6.45, 7) is 2.28. The number of hydrogen-bond acceptors (Lipinski definition) is 3. The van der Waals surface area contributed by atoms with Crippen molar-refractivity contribution in [3.05, 3.63) is 96.1 Å². The third-order valence-corrected chi connectivity index (χ3v) is 4.75. The van der Waals surface area contributed by atoms with Crippen molar-refractivity contribution in [3.8, 4) is 11.1 Å². The Hall–Kier alpha value is -3.40. The van der Waals surface area contributed by atoms with Gasteiger partial charge in [0.05, 0.1) is 6.42 Å². The van der Waals surface area contributed by atoms with Crippen molar-refractivity contribution >= 4 is 11.9 Å². The maximum absolute atomic E-state index is 12.0. The van der Waals surface area contributed by atoms with E-state index in [1.807, 2.05) is 91.9 Å². The fourth-order valence-corrected chi connectivity index (χ4v) is 3.03. The minimum absolute atomic E-state index is 0.142. The summed E-state index contributed by atoms with van der Waals surface area (Å²) < 4.78 is 5.11. The molecule has 0 heterocycles. The molecule has 0 radical (unpaired) electrons. The molecule has 29 heavy (non-hydrogen) atoms. The average molecular weight is 387 g/mol. The van der Waals surface area contributed by atoms with E-state index >= 15 is 0 Å². The standard InChI is InChI=1S/C25H25NO3/c1-19(21-8-4-2-5-9-21)17-26-24(27)18-29-25(28)16-20-12-14-23(15-13-20)22-10-6-3-7-11-22/h2-15,19H,16-18H2,1H3,(H,26,27)/t19-/m0/s1. The van der Waals surface area contributed by atoms with Gasteiger partial charge in [-0.3, -0.25) is 9.59 Å². The van der Waals surface area contributed by atoms with Gasteiger partial charge in [0.1, 0.15) is 0 Å². The van der Waals surface area contributed by atoms with E-state index in [-0.39, 0.29) is 24.9 Å². The minimum Gasteiger partial charge on any atom is -0.455 e. The molecule has 0 fully saturated rings. The molecule has 0 unspecified atom stereocenters. The highest BCUT2D eigenvalue weighted by molar-refractivity contribution is 5.81. The Balaban J connectivity index is 1.41. The van der Waals surface area contributed by atoms with E-state index in [0.29, 0.717) is 6.54 Å². The number of esters is 1. The molecule has 0 bridgehead atoms. The highest BCUT2D eigenvalue weighted by Gasteiger charge is 2.11. The Bertz CT molecular complexity index is 921. The van der Waals surface area contributed by atoms with Crippen LogP contribution in [0.4, 0.5) is 0 Å². The number of hydrogen-bond donors (Lipinski definition) is 1. The van der Waals surface area contributed by atoms with Crippen LogP contribution in [-0.2, 0) is 20.7 Å². The number of rotatable bonds is 8. The first-order valence-corrected chi connectivity index (χ1v) is 9.73. The number of ether oxygens (including phenoxy) is 1. The lowest BCUT2D eigenvalue weighted by atomic mass is 10.0. The lowest BCUT2D eigenvalue weighted by molar-refractivity contribution is -0.147. The minimum atomic E-state index is -0.413. The van der Waals surface area contributed by atoms with Crippen LogP contribution >= 0.6 is 0 Å². The van der Waals surface area contributed by atoms with Crippen LogP contribution in [0.2, 0.25) is 0 Å². The molecule has 0 aromatic heterocycles. The quantitative estimate of drug-likeness (QED) is 0.584. The topological polar surface area (TPSA) is 55.4 Å². The van der Waals surface area contributed by atoms with Crippen molar-refractivity contribution in [3.63, 3.8) is 0 Å². The van der Waals surface area contributed by atoms with E-state index in [0.717, 1.165) is 22.3 Å². The largest absolute Gasteiger partial charge is 0.455 e. The summed E-state index contributed by atoms with van der Waals surface area (Å²) in [5.41, 5.74) is 4.23. The van der Waals surface area contributed by atoms with Gasteiger partial charge in [0.2, 0.25) is 0 Å². The zero-order chi connectivity index (χ0) is 20.5. The molecule has 0 aliphatic carbocycles. The summed E-state index contributed by atoms with van der Waals surface area (Å²) >= 11 is 0. The van der Waals surface area contributed by atoms with Crippen LogP contribution < -0.4 is 5.32 Å². The fourth-order valence-electron chi connectivity index (χ4n) is 3.03. The number of benzene rings is 3. The van der Waals surface area contributed by atoms with Gasteiger partial charge in [0.15, 0.2) is 6.61 Å². The molecule has 4 heteroatoms. The SMILES string of the molecule is C[C@@H](CNC(=O)COC(=O)Cc1ccc(-c2ccccc2)cc1)c1ccccc1. The zero-order valence-corrected chi connectivity index (χ0v) is 16.5. The van der Waals surface area contributed by atoms with Crippen LogP contribution in [0.25, 0.3) is 11.1 Å². The summed E-state index contributed by atoms with van der Waals surface area (Å²) in [6.07, 6.45) is 0.142. The lowest BCUT2D eigenvalue weighted by Crippen LogP contribution is -2.31. The van der Waals surface area contributed by atoms with Crippen LogP contribution in [0.5, 0.6) is 0 Å². The Morgan fingerprint density at radius 2 is 1.41 bits per heavy atom. The van der Waals surface area contributed by atoms with E-state index in [1.165, 1.54) is 0 Å². The Labute approximate surface area is 171 Å². The summed E-state index contributed by atoms with van der Waals surface area (Å²) in [5, 5.41) is 2.81. The van der Waals surface area contributed by atoms with E-state index in [1.54, 1.807) is 0 Å². The smallest absolute Gasteiger partial charge is 0.310 e. The Morgan fingerprint density at radius 3 is 2.07 bits per heavy atom. The van der Waals surface area contributed by atoms with Gasteiger partial charge in [-0.25, -0.2) is 0 Å². The molecule has 4 nitrogen and oxygen atoms in total. The second kappa shape index (κ2) is 10.2. The molecule has 1 N–H and O–H groups in total. The van der Waals surface area contributed by atoms with Crippen molar-refractivity contribution in [1.29, 1.82) is 0 Å². The van der Waals surface area contributed by atoms with Gasteiger partial charge in [0, 0.05) is 6.54 Å². The molecule has 3 aromatic carbocycles. The normalized spacial score (nSPS) is 11.5. The summed E-state index contributed by atoms with van der Waals surface area (Å²) in [7, 11) is 0. The van der Waals surface area contributed by atoms with Crippen LogP contribution in [0.1, 0.15) is 24.0 Å². The van der Waals surface area contributed by atoms with Crippen LogP contribution in [0, 0.1) is 0 Å². The molecule has 3 rings (SSSR count). The molecule has 0 saturated carbocycles. The first-order valence-electron chi connectivity index (χ1n) is 9.73. The molecule has 148 valence electrons. The number of carbonyl (C=O) groups excluding carboxylic acids is 2. The van der Waals surface area contributed by atoms with Crippen molar-refractivity contribution < 1.29 is 14.3 Å². The van der Waals surface area contributed by atoms with E-state index in [9.17, 15) is 9.59 Å². The highest BCUT2D eigenvalue weighted by Crippen LogP contribution is 2.19. The van der Waals surface area contributed by atoms with E-state index in [4.69, 9.17) is 4.74 Å². The molecule has 0 saturated heterocycles. The van der Waals surface area contributed by atoms with Crippen molar-refractivity contribution in [2.75, 3.05) is 13.2 Å². The molecule has 0 spiro atoms. The van der Waals surface area contributed by atoms with Crippen LogP contribution in [0.15, 0.2) is 84.9 Å². The second-order valence-corrected chi connectivity index (χ2v) is 7.02. The number of nitrogens with one attached hydrogen (secondary N) is 1. The van der Waals surface area contributed by atoms with Crippen molar-refractivity contribution in [2.24, 2.45) is 0 Å². The third kappa shape index (κ3) is 6.32. The summed E-state index contributed by atoms with van der Waals surface area (Å²) in [4.78, 5) is 24.0. The summed E-state index contributed by atoms with van der Waals surface area (Å²) in [6, 6.07) is 27.8. The first kappa shape index (κ1) is 20.3. The maximum atomic E-state index is 12.0. The molecule has 0 aliphatic rings. The van der Waals surface area contributed by atoms with E-state index < -0.39 is 5.97 Å². The van der Waals surface area contributed by atoms with Crippen molar-refractivity contribution in [2.45, 2.75) is 19.3 Å². The number of carbonyl (C=O) groups is 2. The monoisotopic (exact) mass is 387 g/mol. The molecule has 1 atom stereocenters. The maximum Gasteiger partial charge on any atom is 0.310 e. The lowest BCUT2D eigenvalue weighted by Gasteiger charge is -2.13. The molecular weight excluding hydrogens is 362 g/mol. The van der Waals surface area contributed by atoms with Gasteiger partial charge >= 0.3 is 5.97 Å². The first-order chi connectivity index (χ1) is 14.1. The Kier molecular flexibility index (Phi) is 7.17. The molecule has 0 aliphatic heterocycles. The van der Waals surface area contributed by atoms with Crippen LogP contribution in [-0.4, -0.2) is 25.0 Å². The van der Waals surface area contributed by atoms with Gasteiger partial charge in [0.25, 0.3) is 5.91 Å². The predicted molar refractivity (Wildman–Crippen MR) is 114 cm³/mol. The molecular formula is C25H25NO3. The summed E-state index contributed by atoms with van der Waals surface area (Å²) in [5.74, 6) is -0.511. The number of amides is 1. The van der Waals surface area contributed by atoms with E-state index in [2.05, 4.69) is 5.32 Å². The molecule has 1 amide bonds. The predicted octanol–water partition coefficient (Wildman–Crippen LogP) is 4.36. The van der Waals surface area contributed by atoms with Crippen LogP contribution in [0.3, 0.4) is 0 Å². The second-order valence-electron chi connectivity index (χ2n) is 7.02.